The Bertz CT molecular complexity index is 268. The lowest BCUT2D eigenvalue weighted by Crippen LogP contribution is -2.48. The van der Waals surface area contributed by atoms with Crippen LogP contribution in [0.15, 0.2) is 0 Å². The first-order chi connectivity index (χ1) is 7.98. The van der Waals surface area contributed by atoms with Crippen molar-refractivity contribution in [2.75, 3.05) is 19.6 Å². The van der Waals surface area contributed by atoms with Crippen LogP contribution < -0.4 is 5.32 Å². The van der Waals surface area contributed by atoms with E-state index in [0.717, 1.165) is 38.4 Å². The molecule has 1 atom stereocenters. The van der Waals surface area contributed by atoms with Crippen molar-refractivity contribution in [1.29, 1.82) is 0 Å². The number of amides is 1. The van der Waals surface area contributed by atoms with E-state index in [4.69, 9.17) is 0 Å². The topological polar surface area (TPSA) is 32.3 Å². The third kappa shape index (κ3) is 3.01. The van der Waals surface area contributed by atoms with Gasteiger partial charge in [-0.2, -0.15) is 0 Å². The van der Waals surface area contributed by atoms with E-state index >= 15 is 0 Å². The number of nitrogens with zero attached hydrogens (tertiary/aromatic N) is 1. The summed E-state index contributed by atoms with van der Waals surface area (Å²) in [5.74, 6) is 1.11. The smallest absolute Gasteiger partial charge is 0.239 e. The number of likely N-dealkylation sites (tertiary alicyclic amines) is 1. The minimum absolute atomic E-state index is 0.112. The zero-order valence-corrected chi connectivity index (χ0v) is 11.5. The third-order valence-corrected chi connectivity index (χ3v) is 4.39. The number of hydrogen-bond donors (Lipinski definition) is 1. The predicted octanol–water partition coefficient (Wildman–Crippen LogP) is 2.02. The van der Waals surface area contributed by atoms with Crippen molar-refractivity contribution in [3.05, 3.63) is 0 Å². The van der Waals surface area contributed by atoms with Gasteiger partial charge in [0.2, 0.25) is 5.91 Å². The summed E-state index contributed by atoms with van der Waals surface area (Å²) in [6.45, 7) is 9.86. The molecule has 0 bridgehead atoms. The van der Waals surface area contributed by atoms with E-state index < -0.39 is 0 Å². The summed E-state index contributed by atoms with van der Waals surface area (Å²) in [7, 11) is 0. The SMILES string of the molecule is CC(C)(C)C1CCN(C(=O)[C@H]2CCCN2)CC1. The first kappa shape index (κ1) is 12.9. The first-order valence-electron chi connectivity index (χ1n) is 7.00. The van der Waals surface area contributed by atoms with Gasteiger partial charge in [0.05, 0.1) is 6.04 Å². The van der Waals surface area contributed by atoms with Crippen LogP contribution in [0.1, 0.15) is 46.5 Å². The molecule has 17 heavy (non-hydrogen) atoms. The highest BCUT2D eigenvalue weighted by molar-refractivity contribution is 5.82. The van der Waals surface area contributed by atoms with Crippen LogP contribution in [0.25, 0.3) is 0 Å². The van der Waals surface area contributed by atoms with Crippen molar-refractivity contribution in [3.8, 4) is 0 Å². The van der Waals surface area contributed by atoms with E-state index in [2.05, 4.69) is 31.0 Å². The molecular weight excluding hydrogens is 212 g/mol. The average molecular weight is 238 g/mol. The third-order valence-electron chi connectivity index (χ3n) is 4.39. The van der Waals surface area contributed by atoms with Gasteiger partial charge in [-0.05, 0) is 43.6 Å². The van der Waals surface area contributed by atoms with Crippen LogP contribution in [0, 0.1) is 11.3 Å². The fourth-order valence-electron chi connectivity index (χ4n) is 3.08. The molecule has 0 saturated carbocycles. The number of piperidine rings is 1. The molecule has 98 valence electrons. The molecule has 1 amide bonds. The fourth-order valence-corrected chi connectivity index (χ4v) is 3.08. The maximum absolute atomic E-state index is 12.2. The second-order valence-electron chi connectivity index (χ2n) is 6.61. The van der Waals surface area contributed by atoms with Crippen LogP contribution in [0.3, 0.4) is 0 Å². The molecule has 2 aliphatic rings. The minimum atomic E-state index is 0.112. The summed E-state index contributed by atoms with van der Waals surface area (Å²) in [4.78, 5) is 14.3. The van der Waals surface area contributed by atoms with Gasteiger partial charge in [-0.15, -0.1) is 0 Å². The predicted molar refractivity (Wildman–Crippen MR) is 69.8 cm³/mol. The first-order valence-corrected chi connectivity index (χ1v) is 7.00. The van der Waals surface area contributed by atoms with Gasteiger partial charge in [-0.25, -0.2) is 0 Å². The van der Waals surface area contributed by atoms with Crippen molar-refractivity contribution in [2.24, 2.45) is 11.3 Å². The molecule has 3 heteroatoms. The zero-order valence-electron chi connectivity index (χ0n) is 11.5. The van der Waals surface area contributed by atoms with Crippen molar-refractivity contribution in [2.45, 2.75) is 52.5 Å². The molecule has 0 radical (unpaired) electrons. The Hall–Kier alpha value is -0.570. The summed E-state index contributed by atoms with van der Waals surface area (Å²) in [5.41, 5.74) is 0.390. The van der Waals surface area contributed by atoms with E-state index in [1.54, 1.807) is 0 Å². The van der Waals surface area contributed by atoms with E-state index in [0.29, 0.717) is 11.3 Å². The van der Waals surface area contributed by atoms with Crippen molar-refractivity contribution in [3.63, 3.8) is 0 Å². The standard InChI is InChI=1S/C14H26N2O/c1-14(2,3)11-6-9-16(10-7-11)13(17)12-5-4-8-15-12/h11-12,15H,4-10H2,1-3H3/t12-/m1/s1. The van der Waals surface area contributed by atoms with Gasteiger partial charge in [0.1, 0.15) is 0 Å². The largest absolute Gasteiger partial charge is 0.341 e. The number of rotatable bonds is 1. The maximum Gasteiger partial charge on any atom is 0.239 e. The molecule has 0 aromatic rings. The lowest BCUT2D eigenvalue weighted by molar-refractivity contribution is -0.135. The Morgan fingerprint density at radius 1 is 1.18 bits per heavy atom. The highest BCUT2D eigenvalue weighted by atomic mass is 16.2. The molecule has 0 aliphatic carbocycles. The molecule has 1 N–H and O–H groups in total. The Morgan fingerprint density at radius 2 is 1.82 bits per heavy atom. The van der Waals surface area contributed by atoms with Crippen LogP contribution in [0.5, 0.6) is 0 Å². The molecule has 2 rings (SSSR count). The summed E-state index contributed by atoms with van der Waals surface area (Å²) in [6, 6.07) is 0.112. The molecule has 0 aromatic carbocycles. The summed E-state index contributed by atoms with van der Waals surface area (Å²) in [6.07, 6.45) is 4.51. The molecule has 2 saturated heterocycles. The zero-order chi connectivity index (χ0) is 12.5. The van der Waals surface area contributed by atoms with E-state index in [9.17, 15) is 4.79 Å². The fraction of sp³-hybridized carbons (Fsp3) is 0.929. The van der Waals surface area contributed by atoms with Gasteiger partial charge < -0.3 is 10.2 Å². The second kappa shape index (κ2) is 4.97. The molecule has 2 aliphatic heterocycles. The van der Waals surface area contributed by atoms with E-state index in [-0.39, 0.29) is 6.04 Å². The normalized spacial score (nSPS) is 27.5. The highest BCUT2D eigenvalue weighted by Crippen LogP contribution is 2.34. The number of nitrogens with one attached hydrogen (secondary N) is 1. The van der Waals surface area contributed by atoms with E-state index in [1.165, 1.54) is 12.8 Å². The van der Waals surface area contributed by atoms with Crippen molar-refractivity contribution < 1.29 is 4.79 Å². The van der Waals surface area contributed by atoms with Gasteiger partial charge in [0, 0.05) is 13.1 Å². The maximum atomic E-state index is 12.2. The molecule has 3 nitrogen and oxygen atoms in total. The summed E-state index contributed by atoms with van der Waals surface area (Å²) < 4.78 is 0. The molecule has 2 fully saturated rings. The number of hydrogen-bond acceptors (Lipinski definition) is 2. The quantitative estimate of drug-likeness (QED) is 0.758. The molecule has 2 heterocycles. The van der Waals surface area contributed by atoms with Crippen LogP contribution in [-0.2, 0) is 4.79 Å². The summed E-state index contributed by atoms with van der Waals surface area (Å²) >= 11 is 0. The lowest BCUT2D eigenvalue weighted by Gasteiger charge is -2.39. The Kier molecular flexibility index (Phi) is 3.76. The molecular formula is C14H26N2O. The van der Waals surface area contributed by atoms with Crippen LogP contribution in [-0.4, -0.2) is 36.5 Å². The van der Waals surface area contributed by atoms with Crippen molar-refractivity contribution >= 4 is 5.91 Å². The van der Waals surface area contributed by atoms with Gasteiger partial charge in [0.25, 0.3) is 0 Å². The van der Waals surface area contributed by atoms with Gasteiger partial charge in [-0.3, -0.25) is 4.79 Å². The Labute approximate surface area is 105 Å². The van der Waals surface area contributed by atoms with Crippen molar-refractivity contribution in [1.82, 2.24) is 10.2 Å². The number of carbonyl (C=O) groups excluding carboxylic acids is 1. The van der Waals surface area contributed by atoms with Gasteiger partial charge in [-0.1, -0.05) is 20.8 Å². The van der Waals surface area contributed by atoms with Gasteiger partial charge >= 0.3 is 0 Å². The average Bonchev–Trinajstić information content (AvgIpc) is 2.80. The molecule has 0 spiro atoms. The second-order valence-corrected chi connectivity index (χ2v) is 6.61. The Balaban J connectivity index is 1.84. The highest BCUT2D eigenvalue weighted by Gasteiger charge is 2.33. The van der Waals surface area contributed by atoms with E-state index in [1.807, 2.05) is 0 Å². The van der Waals surface area contributed by atoms with Crippen LogP contribution in [0.2, 0.25) is 0 Å². The molecule has 0 unspecified atom stereocenters. The Morgan fingerprint density at radius 3 is 2.29 bits per heavy atom. The van der Waals surface area contributed by atoms with Crippen LogP contribution >= 0.6 is 0 Å². The lowest BCUT2D eigenvalue weighted by atomic mass is 9.75. The van der Waals surface area contributed by atoms with Gasteiger partial charge in [0.15, 0.2) is 0 Å². The molecule has 0 aromatic heterocycles. The summed E-state index contributed by atoms with van der Waals surface area (Å²) in [5, 5.41) is 3.30. The monoisotopic (exact) mass is 238 g/mol. The minimum Gasteiger partial charge on any atom is -0.341 e. The van der Waals surface area contributed by atoms with Crippen LogP contribution in [0.4, 0.5) is 0 Å². The number of carbonyl (C=O) groups is 1.